The highest BCUT2D eigenvalue weighted by Gasteiger charge is 2.51. The maximum Gasteiger partial charge on any atom is 0.256 e. The number of rotatable bonds is 8. The SMILES string of the molecule is CCCC1(CCC)N=C(c2c(Cl)cccc2Cl)N(CC(=O)Nc2ccc3c(c2)CC2(C3)C(=O)Nc3ncccc32)C1=O. The van der Waals surface area contributed by atoms with Gasteiger partial charge in [0.15, 0.2) is 0 Å². The summed E-state index contributed by atoms with van der Waals surface area (Å²) in [5.74, 6) is 0.283. The predicted molar refractivity (Wildman–Crippen MR) is 164 cm³/mol. The van der Waals surface area contributed by atoms with Gasteiger partial charge >= 0.3 is 0 Å². The van der Waals surface area contributed by atoms with E-state index in [1.807, 2.05) is 44.2 Å². The number of pyridine rings is 1. The van der Waals surface area contributed by atoms with E-state index < -0.39 is 11.0 Å². The van der Waals surface area contributed by atoms with Gasteiger partial charge in [0.05, 0.1) is 21.0 Å². The second kappa shape index (κ2) is 10.8. The highest BCUT2D eigenvalue weighted by atomic mass is 35.5. The molecule has 2 aromatic carbocycles. The van der Waals surface area contributed by atoms with Gasteiger partial charge in [-0.25, -0.2) is 4.98 Å². The van der Waals surface area contributed by atoms with E-state index in [1.165, 1.54) is 4.90 Å². The summed E-state index contributed by atoms with van der Waals surface area (Å²) in [6, 6.07) is 14.6. The van der Waals surface area contributed by atoms with Gasteiger partial charge in [0.1, 0.15) is 23.7 Å². The summed E-state index contributed by atoms with van der Waals surface area (Å²) in [5.41, 5.74) is 2.33. The minimum absolute atomic E-state index is 0.0572. The number of anilines is 2. The third-order valence-electron chi connectivity index (χ3n) is 8.50. The van der Waals surface area contributed by atoms with Crippen molar-refractivity contribution >= 4 is 58.3 Å². The summed E-state index contributed by atoms with van der Waals surface area (Å²) in [4.78, 5) is 51.1. The van der Waals surface area contributed by atoms with E-state index in [1.54, 1.807) is 24.4 Å². The van der Waals surface area contributed by atoms with Crippen LogP contribution in [-0.4, -0.2) is 45.5 Å². The number of hydrogen-bond acceptors (Lipinski definition) is 5. The number of carbonyl (C=O) groups excluding carboxylic acids is 3. The molecule has 1 unspecified atom stereocenters. The van der Waals surface area contributed by atoms with Crippen molar-refractivity contribution in [2.24, 2.45) is 4.99 Å². The topological polar surface area (TPSA) is 104 Å². The number of nitrogens with zero attached hydrogens (tertiary/aromatic N) is 3. The third kappa shape index (κ3) is 4.57. The number of hydrogen-bond donors (Lipinski definition) is 2. The van der Waals surface area contributed by atoms with Crippen molar-refractivity contribution in [3.05, 3.63) is 87.0 Å². The first kappa shape index (κ1) is 28.4. The smallest absolute Gasteiger partial charge is 0.256 e. The first-order valence-electron chi connectivity index (χ1n) is 14.3. The van der Waals surface area contributed by atoms with Crippen molar-refractivity contribution in [3.63, 3.8) is 0 Å². The van der Waals surface area contributed by atoms with Gasteiger partial charge < -0.3 is 10.6 Å². The van der Waals surface area contributed by atoms with Crippen molar-refractivity contribution in [2.75, 3.05) is 17.2 Å². The highest BCUT2D eigenvalue weighted by Crippen LogP contribution is 2.47. The fourth-order valence-corrected chi connectivity index (χ4v) is 7.24. The van der Waals surface area contributed by atoms with Gasteiger partial charge in [-0.3, -0.25) is 24.3 Å². The Bertz CT molecular complexity index is 1630. The number of benzene rings is 2. The summed E-state index contributed by atoms with van der Waals surface area (Å²) < 4.78 is 0. The Kier molecular flexibility index (Phi) is 7.31. The lowest BCUT2D eigenvalue weighted by Crippen LogP contribution is -2.46. The van der Waals surface area contributed by atoms with Crippen LogP contribution in [0.1, 0.15) is 61.8 Å². The fourth-order valence-electron chi connectivity index (χ4n) is 6.67. The Labute approximate surface area is 254 Å². The Morgan fingerprint density at radius 1 is 1.00 bits per heavy atom. The maximum absolute atomic E-state index is 13.9. The minimum Gasteiger partial charge on any atom is -0.325 e. The maximum atomic E-state index is 13.9. The van der Waals surface area contributed by atoms with E-state index in [4.69, 9.17) is 28.2 Å². The summed E-state index contributed by atoms with van der Waals surface area (Å²) in [5, 5.41) is 6.60. The lowest BCUT2D eigenvalue weighted by molar-refractivity contribution is -0.134. The number of aromatic nitrogens is 1. The molecule has 1 aromatic heterocycles. The number of nitrogens with one attached hydrogen (secondary N) is 2. The number of aliphatic imine (C=N–C) groups is 1. The molecular formula is C32H31Cl2N5O3. The van der Waals surface area contributed by atoms with Crippen LogP contribution in [0, 0.1) is 0 Å². The van der Waals surface area contributed by atoms with Crippen LogP contribution >= 0.6 is 23.2 Å². The first-order valence-corrected chi connectivity index (χ1v) is 15.0. The molecule has 8 nitrogen and oxygen atoms in total. The molecule has 0 saturated carbocycles. The molecule has 2 aliphatic heterocycles. The highest BCUT2D eigenvalue weighted by molar-refractivity contribution is 6.41. The summed E-state index contributed by atoms with van der Waals surface area (Å²) >= 11 is 13.1. The van der Waals surface area contributed by atoms with Crippen LogP contribution in [0.2, 0.25) is 10.0 Å². The Balaban J connectivity index is 1.25. The van der Waals surface area contributed by atoms with Gasteiger partial charge in [-0.2, -0.15) is 0 Å². The number of halogens is 2. The predicted octanol–water partition coefficient (Wildman–Crippen LogP) is 5.94. The summed E-state index contributed by atoms with van der Waals surface area (Å²) in [6.07, 6.45) is 5.38. The zero-order valence-electron chi connectivity index (χ0n) is 23.5. The standard InChI is InChI=1S/C32H31Cl2N5O3/c1-3-12-32(13-4-2)30(42)39(28(38-32)26-23(33)8-5-9-24(26)34)18-25(40)36-21-11-10-19-16-31(17-20(19)15-21)22-7-6-14-35-27(22)37-29(31)41/h5-11,14-15H,3-4,12-13,16-18H2,1-2H3,(H,36,40)(H,35,37,41). The van der Waals surface area contributed by atoms with Gasteiger partial charge in [-0.15, -0.1) is 0 Å². The largest absolute Gasteiger partial charge is 0.325 e. The van der Waals surface area contributed by atoms with Crippen molar-refractivity contribution < 1.29 is 14.4 Å². The van der Waals surface area contributed by atoms with E-state index in [9.17, 15) is 14.4 Å². The molecule has 216 valence electrons. The van der Waals surface area contributed by atoms with Gasteiger partial charge in [0, 0.05) is 17.4 Å². The molecule has 0 radical (unpaired) electrons. The molecule has 3 heterocycles. The number of carbonyl (C=O) groups is 3. The zero-order valence-corrected chi connectivity index (χ0v) is 25.0. The molecule has 1 aliphatic carbocycles. The molecule has 2 N–H and O–H groups in total. The van der Waals surface area contributed by atoms with Crippen LogP contribution in [0.4, 0.5) is 11.5 Å². The molecule has 1 atom stereocenters. The van der Waals surface area contributed by atoms with E-state index in [-0.39, 0.29) is 24.3 Å². The zero-order chi connectivity index (χ0) is 29.6. The normalized spacial score (nSPS) is 20.0. The van der Waals surface area contributed by atoms with E-state index in [0.717, 1.165) is 29.5 Å². The van der Waals surface area contributed by atoms with Crippen LogP contribution < -0.4 is 10.6 Å². The Morgan fingerprint density at radius 2 is 1.71 bits per heavy atom. The van der Waals surface area contributed by atoms with Gasteiger partial charge in [0.25, 0.3) is 5.91 Å². The Morgan fingerprint density at radius 3 is 2.43 bits per heavy atom. The van der Waals surface area contributed by atoms with Crippen LogP contribution in [0.5, 0.6) is 0 Å². The Hall–Kier alpha value is -3.75. The molecule has 3 aliphatic rings. The van der Waals surface area contributed by atoms with Crippen molar-refractivity contribution in [1.29, 1.82) is 0 Å². The second-order valence-corrected chi connectivity index (χ2v) is 12.1. The fraction of sp³-hybridized carbons (Fsp3) is 0.344. The van der Waals surface area contributed by atoms with Crippen molar-refractivity contribution in [1.82, 2.24) is 9.88 Å². The van der Waals surface area contributed by atoms with Gasteiger partial charge in [-0.05, 0) is 67.1 Å². The molecule has 0 bridgehead atoms. The molecule has 0 saturated heterocycles. The van der Waals surface area contributed by atoms with Crippen molar-refractivity contribution in [3.8, 4) is 0 Å². The molecule has 1 spiro atoms. The van der Waals surface area contributed by atoms with E-state index in [0.29, 0.717) is 58.6 Å². The average molecular weight is 605 g/mol. The number of amidine groups is 1. The van der Waals surface area contributed by atoms with Gasteiger partial charge in [-0.1, -0.05) is 68.1 Å². The molecule has 0 fully saturated rings. The summed E-state index contributed by atoms with van der Waals surface area (Å²) in [6.45, 7) is 3.79. The molecule has 6 rings (SSSR count). The number of fused-ring (bicyclic) bond motifs is 3. The lowest BCUT2D eigenvalue weighted by Gasteiger charge is -2.25. The third-order valence-corrected chi connectivity index (χ3v) is 9.13. The number of amides is 3. The first-order chi connectivity index (χ1) is 20.2. The van der Waals surface area contributed by atoms with Crippen LogP contribution in [-0.2, 0) is 32.6 Å². The van der Waals surface area contributed by atoms with Crippen molar-refractivity contribution in [2.45, 2.75) is 63.3 Å². The quantitative estimate of drug-likeness (QED) is 0.332. The monoisotopic (exact) mass is 603 g/mol. The van der Waals surface area contributed by atoms with E-state index >= 15 is 0 Å². The molecule has 3 amide bonds. The van der Waals surface area contributed by atoms with Gasteiger partial charge in [0.2, 0.25) is 11.8 Å². The second-order valence-electron chi connectivity index (χ2n) is 11.3. The molecule has 10 heteroatoms. The summed E-state index contributed by atoms with van der Waals surface area (Å²) in [7, 11) is 0. The van der Waals surface area contributed by atoms with Crippen LogP contribution in [0.25, 0.3) is 0 Å². The lowest BCUT2D eigenvalue weighted by atomic mass is 9.79. The average Bonchev–Trinajstić information content (AvgIpc) is 3.55. The minimum atomic E-state index is -0.962. The van der Waals surface area contributed by atoms with E-state index in [2.05, 4.69) is 15.6 Å². The van der Waals surface area contributed by atoms with Crippen LogP contribution in [0.15, 0.2) is 59.7 Å². The van der Waals surface area contributed by atoms with Crippen LogP contribution in [0.3, 0.4) is 0 Å². The molecule has 42 heavy (non-hydrogen) atoms. The molecular weight excluding hydrogens is 573 g/mol. The molecule has 3 aromatic rings.